The van der Waals surface area contributed by atoms with Crippen LogP contribution >= 0.6 is 0 Å². The van der Waals surface area contributed by atoms with Crippen molar-refractivity contribution in [2.45, 2.75) is 0 Å². The van der Waals surface area contributed by atoms with Crippen LogP contribution in [-0.4, -0.2) is 9.13 Å². The molecule has 0 aliphatic heterocycles. The Kier molecular flexibility index (Phi) is 7.31. The Morgan fingerprint density at radius 3 is 0.980 bits per heavy atom. The van der Waals surface area contributed by atoms with E-state index in [0.29, 0.717) is 23.0 Å². The largest absolute Gasteiger partial charge is 0.457 e. The molecule has 12 heteroatoms. The zero-order valence-corrected chi connectivity index (χ0v) is 25.4. The number of hydrogen-bond acceptors (Lipinski definition) is 10. The van der Waals surface area contributed by atoms with E-state index >= 15 is 0 Å². The topological polar surface area (TPSA) is 192 Å². The highest BCUT2D eigenvalue weighted by Crippen LogP contribution is 2.27. The summed E-state index contributed by atoms with van der Waals surface area (Å²) < 4.78 is 13.4. The second kappa shape index (κ2) is 11.9. The number of fused-ring (bicyclic) bond motifs is 2. The average Bonchev–Trinajstić information content (AvgIpc) is 3.54. The van der Waals surface area contributed by atoms with Gasteiger partial charge in [-0.25, -0.2) is 9.13 Å². The smallest absolute Gasteiger partial charge is 0.266 e. The third-order valence-corrected chi connectivity index (χ3v) is 8.02. The van der Waals surface area contributed by atoms with Crippen LogP contribution in [0, 0.1) is 45.3 Å². The van der Waals surface area contributed by atoms with E-state index in [-0.39, 0.29) is 55.2 Å². The highest BCUT2D eigenvalue weighted by molar-refractivity contribution is 5.98. The molecule has 0 saturated heterocycles. The predicted molar refractivity (Wildman–Crippen MR) is 179 cm³/mol. The van der Waals surface area contributed by atoms with Crippen molar-refractivity contribution in [3.63, 3.8) is 0 Å². The molecule has 0 fully saturated rings. The highest BCUT2D eigenvalue weighted by Gasteiger charge is 2.21. The number of aromatic nitrogens is 2. The fourth-order valence-electron chi connectivity index (χ4n) is 5.60. The molecule has 7 aromatic rings. The molecule has 0 aliphatic rings. The number of benzene rings is 5. The summed E-state index contributed by atoms with van der Waals surface area (Å²) in [4.78, 5) is 53.9. The van der Waals surface area contributed by atoms with E-state index in [4.69, 9.17) is 20.0 Å². The molecule has 12 nitrogen and oxygen atoms in total. The van der Waals surface area contributed by atoms with Gasteiger partial charge in [-0.1, -0.05) is 0 Å². The standard InChI is InChI=1S/C38H16N6O6/c39-17-21-1-7-29(13-23(21)19-41)49-27-9-3-25(4-10-27)43-35(45)31-15-33-34(16-32(31)36(43)46)38(48)44(37(33)47)26-5-11-28(12-6-26)50-30-8-2-22(18-40)24(14-30)20-42/h1-16H. The minimum absolute atomic E-state index is 0.0263. The van der Waals surface area contributed by atoms with E-state index in [2.05, 4.69) is 0 Å². The zero-order chi connectivity index (χ0) is 35.1. The molecule has 0 bridgehead atoms. The lowest BCUT2D eigenvalue weighted by atomic mass is 10.1. The predicted octanol–water partition coefficient (Wildman–Crippen LogP) is 4.96. The minimum Gasteiger partial charge on any atom is -0.457 e. The Hall–Kier alpha value is -8.06. The van der Waals surface area contributed by atoms with Gasteiger partial charge in [0.1, 0.15) is 47.3 Å². The van der Waals surface area contributed by atoms with Crippen LogP contribution in [0.5, 0.6) is 23.0 Å². The van der Waals surface area contributed by atoms with Crippen LogP contribution < -0.4 is 31.7 Å². The molecule has 0 saturated carbocycles. The van der Waals surface area contributed by atoms with Gasteiger partial charge in [-0.05, 0) is 97.1 Å². The minimum atomic E-state index is -0.671. The second-order valence-electron chi connectivity index (χ2n) is 10.9. The Morgan fingerprint density at radius 1 is 0.380 bits per heavy atom. The maximum absolute atomic E-state index is 13.5. The van der Waals surface area contributed by atoms with Crippen LogP contribution in [0.3, 0.4) is 0 Å². The van der Waals surface area contributed by atoms with Gasteiger partial charge in [0, 0.05) is 0 Å². The molecule has 0 radical (unpaired) electrons. The molecule has 234 valence electrons. The van der Waals surface area contributed by atoms with Crippen molar-refractivity contribution < 1.29 is 9.47 Å². The van der Waals surface area contributed by atoms with Gasteiger partial charge < -0.3 is 9.47 Å². The summed E-state index contributed by atoms with van der Waals surface area (Å²) in [6.07, 6.45) is 0. The maximum Gasteiger partial charge on any atom is 0.266 e. The van der Waals surface area contributed by atoms with Crippen molar-refractivity contribution in [3.8, 4) is 58.6 Å². The summed E-state index contributed by atoms with van der Waals surface area (Å²) in [5, 5.41) is 36.7. The first kappa shape index (κ1) is 30.6. The molecule has 5 aromatic carbocycles. The molecular weight excluding hydrogens is 636 g/mol. The number of ether oxygens (including phenoxy) is 2. The van der Waals surface area contributed by atoms with E-state index in [9.17, 15) is 29.7 Å². The number of nitrogens with zero attached hydrogens (tertiary/aromatic N) is 6. The van der Waals surface area contributed by atoms with Crippen LogP contribution in [0.2, 0.25) is 0 Å². The molecule has 7 rings (SSSR count). The lowest BCUT2D eigenvalue weighted by Gasteiger charge is -2.08. The summed E-state index contributed by atoms with van der Waals surface area (Å²) in [7, 11) is 0. The number of nitriles is 4. The average molecular weight is 653 g/mol. The molecule has 2 heterocycles. The van der Waals surface area contributed by atoms with Gasteiger partial charge in [-0.2, -0.15) is 21.0 Å². The summed E-state index contributed by atoms with van der Waals surface area (Å²) in [6, 6.07) is 31.2. The van der Waals surface area contributed by atoms with Crippen molar-refractivity contribution >= 4 is 21.5 Å². The van der Waals surface area contributed by atoms with E-state index in [1.165, 1.54) is 97.1 Å². The van der Waals surface area contributed by atoms with Gasteiger partial charge in [-0.3, -0.25) is 19.2 Å². The molecule has 0 aliphatic carbocycles. The van der Waals surface area contributed by atoms with Crippen molar-refractivity contribution in [3.05, 3.63) is 161 Å². The van der Waals surface area contributed by atoms with Gasteiger partial charge in [0.25, 0.3) is 22.2 Å². The quantitative estimate of drug-likeness (QED) is 0.237. The van der Waals surface area contributed by atoms with Crippen molar-refractivity contribution in [2.75, 3.05) is 0 Å². The van der Waals surface area contributed by atoms with Crippen LogP contribution in [0.4, 0.5) is 0 Å². The molecule has 0 N–H and O–H groups in total. The SMILES string of the molecule is N#Cc1ccc(Oc2ccc(-n3c(=O)c4cc5c(=O)n(-c6ccc(Oc7ccc(C#N)c(C#N)c7)cc6)c(=O)c5cc4c3=O)cc2)cc1C#N. The normalized spacial score (nSPS) is 10.6. The number of hydrogen-bond donors (Lipinski definition) is 0. The molecule has 50 heavy (non-hydrogen) atoms. The fourth-order valence-corrected chi connectivity index (χ4v) is 5.60. The maximum atomic E-state index is 13.5. The zero-order valence-electron chi connectivity index (χ0n) is 25.4. The van der Waals surface area contributed by atoms with Crippen molar-refractivity contribution in [2.24, 2.45) is 0 Å². The lowest BCUT2D eigenvalue weighted by molar-refractivity contribution is 0.482. The van der Waals surface area contributed by atoms with Crippen LogP contribution in [-0.2, 0) is 0 Å². The molecule has 2 aromatic heterocycles. The van der Waals surface area contributed by atoms with Crippen LogP contribution in [0.1, 0.15) is 22.3 Å². The summed E-state index contributed by atoms with van der Waals surface area (Å²) in [5.74, 6) is 1.32. The van der Waals surface area contributed by atoms with E-state index in [0.717, 1.165) is 9.13 Å². The van der Waals surface area contributed by atoms with E-state index in [1.54, 1.807) is 0 Å². The Morgan fingerprint density at radius 2 is 0.680 bits per heavy atom. The third-order valence-electron chi connectivity index (χ3n) is 8.02. The Bertz CT molecular complexity index is 2660. The first-order valence-electron chi connectivity index (χ1n) is 14.6. The molecule has 0 unspecified atom stereocenters. The third kappa shape index (κ3) is 5.01. The molecule has 0 atom stereocenters. The van der Waals surface area contributed by atoms with Crippen LogP contribution in [0.15, 0.2) is 116 Å². The van der Waals surface area contributed by atoms with Gasteiger partial charge in [0.15, 0.2) is 0 Å². The summed E-state index contributed by atoms with van der Waals surface area (Å²) in [5.41, 5.74) is -1.50. The monoisotopic (exact) mass is 652 g/mol. The van der Waals surface area contributed by atoms with E-state index in [1.807, 2.05) is 24.3 Å². The first-order chi connectivity index (χ1) is 24.2. The van der Waals surface area contributed by atoms with Gasteiger partial charge in [-0.15, -0.1) is 0 Å². The van der Waals surface area contributed by atoms with Crippen LogP contribution in [0.25, 0.3) is 32.9 Å². The Labute approximate surface area is 280 Å². The van der Waals surface area contributed by atoms with Gasteiger partial charge in [0.2, 0.25) is 0 Å². The van der Waals surface area contributed by atoms with E-state index < -0.39 is 22.2 Å². The molecule has 0 spiro atoms. The molecular formula is C38H16N6O6. The van der Waals surface area contributed by atoms with Crippen molar-refractivity contribution in [1.29, 1.82) is 21.0 Å². The second-order valence-corrected chi connectivity index (χ2v) is 10.9. The number of rotatable bonds is 6. The fraction of sp³-hybridized carbons (Fsp3) is 0. The van der Waals surface area contributed by atoms with Gasteiger partial charge in [0.05, 0.1) is 55.2 Å². The Balaban J connectivity index is 1.19. The lowest BCUT2D eigenvalue weighted by Crippen LogP contribution is -2.24. The first-order valence-corrected chi connectivity index (χ1v) is 14.6. The summed E-state index contributed by atoms with van der Waals surface area (Å²) >= 11 is 0. The van der Waals surface area contributed by atoms with Crippen molar-refractivity contribution in [1.82, 2.24) is 9.13 Å². The highest BCUT2D eigenvalue weighted by atomic mass is 16.5. The summed E-state index contributed by atoms with van der Waals surface area (Å²) in [6.45, 7) is 0. The van der Waals surface area contributed by atoms with Gasteiger partial charge >= 0.3 is 0 Å². The molecule has 0 amide bonds.